The number of aryl methyl sites for hydroxylation is 1. The molecule has 2 aromatic rings. The number of carbonyl (C=O) groups excluding carboxylic acids is 1. The average molecular weight is 421 g/mol. The number of nitrogens with one attached hydrogen (secondary N) is 2. The fraction of sp³-hybridized carbons (Fsp3) is 0.278. The van der Waals surface area contributed by atoms with E-state index in [1.807, 2.05) is 31.2 Å². The molecule has 0 heterocycles. The molecule has 2 aromatic carbocycles. The SMILES string of the molecule is Cc1ccc(CNC(=O)Nc2c(Cl)cc(C(C)(O)C(F)(F)F)cc2Cl)cc1. The molecule has 0 aromatic heterocycles. The minimum atomic E-state index is -4.92. The van der Waals surface area contributed by atoms with Crippen LogP contribution >= 0.6 is 23.2 Å². The van der Waals surface area contributed by atoms with Crippen LogP contribution in [0.3, 0.4) is 0 Å². The third kappa shape index (κ3) is 5.06. The summed E-state index contributed by atoms with van der Waals surface area (Å²) in [5.74, 6) is 0. The largest absolute Gasteiger partial charge is 0.421 e. The number of hydrogen-bond donors (Lipinski definition) is 3. The molecule has 0 aliphatic heterocycles. The molecule has 0 fully saturated rings. The number of halogens is 5. The Morgan fingerprint density at radius 3 is 2.11 bits per heavy atom. The molecule has 1 unspecified atom stereocenters. The second kappa shape index (κ2) is 7.96. The van der Waals surface area contributed by atoms with Crippen molar-refractivity contribution >= 4 is 34.9 Å². The molecule has 3 N–H and O–H groups in total. The van der Waals surface area contributed by atoms with Gasteiger partial charge in [-0.3, -0.25) is 0 Å². The van der Waals surface area contributed by atoms with Gasteiger partial charge in [0.05, 0.1) is 15.7 Å². The van der Waals surface area contributed by atoms with Gasteiger partial charge in [-0.05, 0) is 37.1 Å². The lowest BCUT2D eigenvalue weighted by atomic mass is 9.95. The van der Waals surface area contributed by atoms with Crippen molar-refractivity contribution in [1.29, 1.82) is 0 Å². The van der Waals surface area contributed by atoms with Crippen LogP contribution in [0.25, 0.3) is 0 Å². The van der Waals surface area contributed by atoms with Crippen LogP contribution in [0.1, 0.15) is 23.6 Å². The summed E-state index contributed by atoms with van der Waals surface area (Å²) in [4.78, 5) is 12.0. The van der Waals surface area contributed by atoms with Crippen molar-refractivity contribution in [3.63, 3.8) is 0 Å². The molecule has 0 saturated carbocycles. The van der Waals surface area contributed by atoms with E-state index in [4.69, 9.17) is 23.2 Å². The summed E-state index contributed by atoms with van der Waals surface area (Å²) in [5, 5.41) is 14.3. The van der Waals surface area contributed by atoms with Crippen molar-refractivity contribution in [3.8, 4) is 0 Å². The van der Waals surface area contributed by atoms with Gasteiger partial charge in [0.15, 0.2) is 5.60 Å². The fourth-order valence-corrected chi connectivity index (χ4v) is 2.76. The van der Waals surface area contributed by atoms with Crippen molar-refractivity contribution in [2.24, 2.45) is 0 Å². The molecule has 0 saturated heterocycles. The third-order valence-electron chi connectivity index (χ3n) is 3.97. The van der Waals surface area contributed by atoms with Crippen LogP contribution < -0.4 is 10.6 Å². The van der Waals surface area contributed by atoms with Gasteiger partial charge in [-0.25, -0.2) is 4.79 Å². The molecule has 146 valence electrons. The van der Waals surface area contributed by atoms with Crippen LogP contribution in [0.5, 0.6) is 0 Å². The standard InChI is InChI=1S/C18H17Cl2F3N2O2/c1-10-3-5-11(6-4-10)9-24-16(26)25-15-13(19)7-12(8-14(15)20)17(2,27)18(21,22)23/h3-8,27H,9H2,1-2H3,(H2,24,25,26). The summed E-state index contributed by atoms with van der Waals surface area (Å²) in [6, 6.07) is 8.69. The van der Waals surface area contributed by atoms with Gasteiger partial charge in [-0.15, -0.1) is 0 Å². The molecule has 1 atom stereocenters. The van der Waals surface area contributed by atoms with E-state index in [-0.39, 0.29) is 22.3 Å². The van der Waals surface area contributed by atoms with Gasteiger partial charge in [-0.2, -0.15) is 13.2 Å². The number of benzene rings is 2. The van der Waals surface area contributed by atoms with Crippen molar-refractivity contribution in [2.75, 3.05) is 5.32 Å². The first kappa shape index (κ1) is 21.3. The lowest BCUT2D eigenvalue weighted by molar-refractivity contribution is -0.258. The monoisotopic (exact) mass is 420 g/mol. The summed E-state index contributed by atoms with van der Waals surface area (Å²) >= 11 is 11.9. The quantitative estimate of drug-likeness (QED) is 0.620. The number of aliphatic hydroxyl groups is 1. The van der Waals surface area contributed by atoms with E-state index < -0.39 is 23.4 Å². The van der Waals surface area contributed by atoms with Gasteiger partial charge in [0, 0.05) is 6.54 Å². The summed E-state index contributed by atoms with van der Waals surface area (Å²) in [6.45, 7) is 2.77. The zero-order valence-electron chi connectivity index (χ0n) is 14.4. The molecule has 4 nitrogen and oxygen atoms in total. The number of hydrogen-bond acceptors (Lipinski definition) is 2. The first-order valence-corrected chi connectivity index (χ1v) is 8.56. The Morgan fingerprint density at radius 1 is 1.11 bits per heavy atom. The Balaban J connectivity index is 2.12. The maximum absolute atomic E-state index is 13.0. The van der Waals surface area contributed by atoms with Crippen LogP contribution in [0, 0.1) is 6.92 Å². The van der Waals surface area contributed by atoms with E-state index in [0.29, 0.717) is 6.92 Å². The van der Waals surface area contributed by atoms with Crippen LogP contribution in [-0.4, -0.2) is 17.3 Å². The highest BCUT2D eigenvalue weighted by molar-refractivity contribution is 6.39. The van der Waals surface area contributed by atoms with E-state index in [1.165, 1.54) is 0 Å². The second-order valence-corrected chi connectivity index (χ2v) is 6.99. The average Bonchev–Trinajstić information content (AvgIpc) is 2.56. The lowest BCUT2D eigenvalue weighted by Crippen LogP contribution is -2.39. The first-order chi connectivity index (χ1) is 12.4. The van der Waals surface area contributed by atoms with Gasteiger partial charge in [-0.1, -0.05) is 53.0 Å². The molecule has 0 bridgehead atoms. The fourth-order valence-electron chi connectivity index (χ4n) is 2.18. The maximum Gasteiger partial charge on any atom is 0.421 e. The Morgan fingerprint density at radius 2 is 1.63 bits per heavy atom. The van der Waals surface area contributed by atoms with E-state index in [9.17, 15) is 23.1 Å². The summed E-state index contributed by atoms with van der Waals surface area (Å²) in [6.07, 6.45) is -4.92. The lowest BCUT2D eigenvalue weighted by Gasteiger charge is -2.27. The Kier molecular flexibility index (Phi) is 6.29. The van der Waals surface area contributed by atoms with E-state index in [0.717, 1.165) is 23.3 Å². The highest BCUT2D eigenvalue weighted by atomic mass is 35.5. The minimum absolute atomic E-state index is 0.0542. The molecule has 0 aliphatic rings. The highest BCUT2D eigenvalue weighted by Crippen LogP contribution is 2.42. The van der Waals surface area contributed by atoms with Gasteiger partial charge < -0.3 is 15.7 Å². The number of anilines is 1. The van der Waals surface area contributed by atoms with Gasteiger partial charge >= 0.3 is 12.2 Å². The topological polar surface area (TPSA) is 61.4 Å². The van der Waals surface area contributed by atoms with Crippen LogP contribution in [0.15, 0.2) is 36.4 Å². The molecule has 2 amide bonds. The molecule has 0 spiro atoms. The Bertz CT molecular complexity index is 814. The van der Waals surface area contributed by atoms with Crippen LogP contribution in [-0.2, 0) is 12.1 Å². The summed E-state index contributed by atoms with van der Waals surface area (Å²) < 4.78 is 38.9. The number of amides is 2. The highest BCUT2D eigenvalue weighted by Gasteiger charge is 2.51. The Hall–Kier alpha value is -1.96. The molecular formula is C18H17Cl2F3N2O2. The zero-order chi connectivity index (χ0) is 20.4. The number of urea groups is 1. The van der Waals surface area contributed by atoms with Crippen molar-refractivity contribution in [3.05, 3.63) is 63.1 Å². The number of rotatable bonds is 4. The minimum Gasteiger partial charge on any atom is -0.376 e. The second-order valence-electron chi connectivity index (χ2n) is 6.18. The predicted octanol–water partition coefficient (Wildman–Crippen LogP) is 5.39. The zero-order valence-corrected chi connectivity index (χ0v) is 15.9. The third-order valence-corrected chi connectivity index (χ3v) is 4.56. The number of carbonyl (C=O) groups is 1. The molecule has 0 radical (unpaired) electrons. The van der Waals surface area contributed by atoms with Crippen molar-refractivity contribution in [2.45, 2.75) is 32.2 Å². The molecule has 9 heteroatoms. The molecule has 27 heavy (non-hydrogen) atoms. The van der Waals surface area contributed by atoms with Gasteiger partial charge in [0.2, 0.25) is 0 Å². The predicted molar refractivity (Wildman–Crippen MR) is 99.1 cm³/mol. The molecule has 0 aliphatic carbocycles. The molecular weight excluding hydrogens is 404 g/mol. The Labute approximate surface area is 164 Å². The first-order valence-electron chi connectivity index (χ1n) is 7.81. The smallest absolute Gasteiger partial charge is 0.376 e. The number of alkyl halides is 3. The summed E-state index contributed by atoms with van der Waals surface area (Å²) in [5.41, 5.74) is -1.77. The van der Waals surface area contributed by atoms with E-state index in [1.54, 1.807) is 0 Å². The van der Waals surface area contributed by atoms with Crippen molar-refractivity contribution < 1.29 is 23.1 Å². The van der Waals surface area contributed by atoms with Crippen LogP contribution in [0.4, 0.5) is 23.7 Å². The molecule has 2 rings (SSSR count). The van der Waals surface area contributed by atoms with Crippen molar-refractivity contribution in [1.82, 2.24) is 5.32 Å². The van der Waals surface area contributed by atoms with E-state index in [2.05, 4.69) is 10.6 Å². The normalized spacial score (nSPS) is 13.8. The van der Waals surface area contributed by atoms with E-state index >= 15 is 0 Å². The van der Waals surface area contributed by atoms with Crippen LogP contribution in [0.2, 0.25) is 10.0 Å². The maximum atomic E-state index is 13.0. The summed E-state index contributed by atoms with van der Waals surface area (Å²) in [7, 11) is 0. The van der Waals surface area contributed by atoms with Gasteiger partial charge in [0.25, 0.3) is 0 Å². The van der Waals surface area contributed by atoms with Gasteiger partial charge in [0.1, 0.15) is 0 Å².